The molecule has 6 nitrogen and oxygen atoms in total. The Hall–Kier alpha value is -1.82. The predicted molar refractivity (Wildman–Crippen MR) is 72.9 cm³/mol. The fourth-order valence-electron chi connectivity index (χ4n) is 1.72. The number of methoxy groups -OCH3 is 1. The molecule has 1 rings (SSSR count). The van der Waals surface area contributed by atoms with E-state index in [1.54, 1.807) is 19.1 Å². The molecule has 0 saturated heterocycles. The standard InChI is InChI=1S/C12H20N4O2/c1-4-16(8-17)10-7-9(5-6-18-3)15-12(13)11(10)14-2/h7-8,14H,4-6H2,1-3H3,(H2,13,15). The summed E-state index contributed by atoms with van der Waals surface area (Å²) >= 11 is 0. The van der Waals surface area contributed by atoms with E-state index in [0.29, 0.717) is 31.1 Å². The highest BCUT2D eigenvalue weighted by atomic mass is 16.5. The Morgan fingerprint density at radius 2 is 2.33 bits per heavy atom. The van der Waals surface area contributed by atoms with E-state index < -0.39 is 0 Å². The van der Waals surface area contributed by atoms with Crippen LogP contribution < -0.4 is 16.0 Å². The molecule has 0 saturated carbocycles. The van der Waals surface area contributed by atoms with Crippen molar-refractivity contribution in [1.29, 1.82) is 0 Å². The molecule has 0 aromatic carbocycles. The minimum absolute atomic E-state index is 0.390. The first-order valence-corrected chi connectivity index (χ1v) is 5.85. The van der Waals surface area contributed by atoms with Crippen LogP contribution in [-0.4, -0.2) is 38.7 Å². The van der Waals surface area contributed by atoms with Crippen molar-refractivity contribution in [2.45, 2.75) is 13.3 Å². The van der Waals surface area contributed by atoms with Crippen LogP contribution in [0, 0.1) is 0 Å². The van der Waals surface area contributed by atoms with Crippen molar-refractivity contribution in [1.82, 2.24) is 4.98 Å². The van der Waals surface area contributed by atoms with E-state index in [2.05, 4.69) is 10.3 Å². The maximum atomic E-state index is 11.1. The molecular formula is C12H20N4O2. The van der Waals surface area contributed by atoms with Gasteiger partial charge in [-0.25, -0.2) is 4.98 Å². The molecule has 0 aliphatic carbocycles. The zero-order valence-corrected chi connectivity index (χ0v) is 11.1. The van der Waals surface area contributed by atoms with Gasteiger partial charge in [0, 0.05) is 32.8 Å². The molecule has 3 N–H and O–H groups in total. The van der Waals surface area contributed by atoms with Crippen LogP contribution in [0.4, 0.5) is 17.2 Å². The maximum Gasteiger partial charge on any atom is 0.214 e. The van der Waals surface area contributed by atoms with Gasteiger partial charge in [0.25, 0.3) is 0 Å². The van der Waals surface area contributed by atoms with E-state index in [1.165, 1.54) is 0 Å². The molecule has 6 heteroatoms. The minimum atomic E-state index is 0.390. The minimum Gasteiger partial charge on any atom is -0.384 e. The van der Waals surface area contributed by atoms with E-state index in [-0.39, 0.29) is 0 Å². The van der Waals surface area contributed by atoms with Gasteiger partial charge in [-0.2, -0.15) is 0 Å². The molecule has 0 aliphatic rings. The average molecular weight is 252 g/mol. The number of hydrogen-bond acceptors (Lipinski definition) is 5. The van der Waals surface area contributed by atoms with Crippen molar-refractivity contribution in [3.8, 4) is 0 Å². The third-order valence-electron chi connectivity index (χ3n) is 2.67. The van der Waals surface area contributed by atoms with Gasteiger partial charge in [-0.05, 0) is 13.0 Å². The van der Waals surface area contributed by atoms with Gasteiger partial charge in [0.1, 0.15) is 11.5 Å². The maximum absolute atomic E-state index is 11.1. The summed E-state index contributed by atoms with van der Waals surface area (Å²) in [6, 6.07) is 1.86. The molecular weight excluding hydrogens is 232 g/mol. The molecule has 1 amide bonds. The van der Waals surface area contributed by atoms with Crippen LogP contribution in [0.3, 0.4) is 0 Å². The summed E-state index contributed by atoms with van der Waals surface area (Å²) < 4.78 is 5.02. The van der Waals surface area contributed by atoms with Gasteiger partial charge in [0.2, 0.25) is 6.41 Å². The SMILES string of the molecule is CCN(C=O)c1cc(CCOC)nc(N)c1NC. The summed E-state index contributed by atoms with van der Waals surface area (Å²) in [4.78, 5) is 16.9. The number of carbonyl (C=O) groups excluding carboxylic acids is 1. The summed E-state index contributed by atoms with van der Waals surface area (Å²) in [6.45, 7) is 3.04. The molecule has 0 atom stereocenters. The largest absolute Gasteiger partial charge is 0.384 e. The van der Waals surface area contributed by atoms with Crippen LogP contribution in [-0.2, 0) is 16.0 Å². The smallest absolute Gasteiger partial charge is 0.214 e. The molecule has 1 aromatic heterocycles. The molecule has 0 fully saturated rings. The first kappa shape index (κ1) is 14.2. The highest BCUT2D eigenvalue weighted by Gasteiger charge is 2.14. The number of anilines is 3. The van der Waals surface area contributed by atoms with Gasteiger partial charge < -0.3 is 20.7 Å². The molecule has 0 spiro atoms. The van der Waals surface area contributed by atoms with Crippen LogP contribution in [0.1, 0.15) is 12.6 Å². The van der Waals surface area contributed by atoms with E-state index in [4.69, 9.17) is 10.5 Å². The molecule has 18 heavy (non-hydrogen) atoms. The Bertz CT molecular complexity index is 409. The second-order valence-electron chi connectivity index (χ2n) is 3.78. The summed E-state index contributed by atoms with van der Waals surface area (Å²) in [5.41, 5.74) is 8.12. The number of nitrogens with one attached hydrogen (secondary N) is 1. The Balaban J connectivity index is 3.17. The number of ether oxygens (including phenoxy) is 1. The third-order valence-corrected chi connectivity index (χ3v) is 2.67. The average Bonchev–Trinajstić information content (AvgIpc) is 2.37. The first-order chi connectivity index (χ1) is 8.67. The number of hydrogen-bond donors (Lipinski definition) is 2. The summed E-state index contributed by atoms with van der Waals surface area (Å²) in [6.07, 6.45) is 1.45. The Labute approximate surface area is 107 Å². The zero-order valence-electron chi connectivity index (χ0n) is 11.1. The lowest BCUT2D eigenvalue weighted by atomic mass is 10.2. The van der Waals surface area contributed by atoms with Crippen molar-refractivity contribution in [3.63, 3.8) is 0 Å². The summed E-state index contributed by atoms with van der Waals surface area (Å²) in [5, 5.41) is 2.98. The van der Waals surface area contributed by atoms with Crippen LogP contribution in [0.25, 0.3) is 0 Å². The van der Waals surface area contributed by atoms with Crippen molar-refractivity contribution in [2.75, 3.05) is 43.3 Å². The van der Waals surface area contributed by atoms with Gasteiger partial charge in [-0.15, -0.1) is 0 Å². The molecule has 100 valence electrons. The second-order valence-corrected chi connectivity index (χ2v) is 3.78. The molecule has 1 heterocycles. The fraction of sp³-hybridized carbons (Fsp3) is 0.500. The van der Waals surface area contributed by atoms with Gasteiger partial charge >= 0.3 is 0 Å². The zero-order chi connectivity index (χ0) is 13.5. The molecule has 0 bridgehead atoms. The number of aromatic nitrogens is 1. The van der Waals surface area contributed by atoms with E-state index in [0.717, 1.165) is 17.8 Å². The number of carbonyl (C=O) groups is 1. The van der Waals surface area contributed by atoms with Crippen molar-refractivity contribution in [2.24, 2.45) is 0 Å². The molecule has 0 radical (unpaired) electrons. The number of pyridine rings is 1. The number of nitrogens with two attached hydrogens (primary N) is 1. The quantitative estimate of drug-likeness (QED) is 0.704. The van der Waals surface area contributed by atoms with Crippen LogP contribution >= 0.6 is 0 Å². The lowest BCUT2D eigenvalue weighted by Crippen LogP contribution is -2.22. The number of rotatable bonds is 7. The highest BCUT2D eigenvalue weighted by molar-refractivity contribution is 5.88. The van der Waals surface area contributed by atoms with Gasteiger partial charge in [0.15, 0.2) is 0 Å². The van der Waals surface area contributed by atoms with E-state index in [1.807, 2.05) is 13.0 Å². The van der Waals surface area contributed by atoms with Gasteiger partial charge in [-0.1, -0.05) is 0 Å². The highest BCUT2D eigenvalue weighted by Crippen LogP contribution is 2.30. The predicted octanol–water partition coefficient (Wildman–Crippen LogP) is 0.877. The summed E-state index contributed by atoms with van der Waals surface area (Å²) in [5.74, 6) is 0.390. The Morgan fingerprint density at radius 1 is 1.61 bits per heavy atom. The third kappa shape index (κ3) is 3.10. The van der Waals surface area contributed by atoms with Gasteiger partial charge in [-0.3, -0.25) is 4.79 Å². The molecule has 0 aliphatic heterocycles. The lowest BCUT2D eigenvalue weighted by Gasteiger charge is -2.21. The van der Waals surface area contributed by atoms with Crippen LogP contribution in [0.15, 0.2) is 6.07 Å². The van der Waals surface area contributed by atoms with Gasteiger partial charge in [0.05, 0.1) is 12.3 Å². The topological polar surface area (TPSA) is 80.5 Å². The van der Waals surface area contributed by atoms with Crippen LogP contribution in [0.5, 0.6) is 0 Å². The van der Waals surface area contributed by atoms with E-state index >= 15 is 0 Å². The van der Waals surface area contributed by atoms with Crippen LogP contribution in [0.2, 0.25) is 0 Å². The normalized spacial score (nSPS) is 10.2. The fourth-order valence-corrected chi connectivity index (χ4v) is 1.72. The first-order valence-electron chi connectivity index (χ1n) is 5.85. The Morgan fingerprint density at radius 3 is 2.83 bits per heavy atom. The monoisotopic (exact) mass is 252 g/mol. The molecule has 0 unspecified atom stereocenters. The second kappa shape index (κ2) is 6.80. The Kier molecular flexibility index (Phi) is 5.38. The number of nitrogen functional groups attached to an aromatic ring is 1. The summed E-state index contributed by atoms with van der Waals surface area (Å²) in [7, 11) is 3.39. The van der Waals surface area contributed by atoms with Crippen molar-refractivity contribution >= 4 is 23.6 Å². The van der Waals surface area contributed by atoms with Crippen molar-refractivity contribution < 1.29 is 9.53 Å². The van der Waals surface area contributed by atoms with Crippen molar-refractivity contribution in [3.05, 3.63) is 11.8 Å². The van der Waals surface area contributed by atoms with E-state index in [9.17, 15) is 4.79 Å². The number of amides is 1. The number of nitrogens with zero attached hydrogens (tertiary/aromatic N) is 2. The molecule has 1 aromatic rings. The lowest BCUT2D eigenvalue weighted by molar-refractivity contribution is -0.107.